The van der Waals surface area contributed by atoms with E-state index in [1.807, 2.05) is 0 Å². The molecule has 7 heavy (non-hydrogen) atoms. The lowest BCUT2D eigenvalue weighted by atomic mass is 10.9. The number of methoxy groups -OCH3 is 1. The molecule has 1 N–H and O–H groups in total. The number of ether oxygens (including phenoxy) is 1. The summed E-state index contributed by atoms with van der Waals surface area (Å²) in [5.74, 6) is 0.495. The van der Waals surface area contributed by atoms with Gasteiger partial charge in [0.25, 0.3) is 0 Å². The Morgan fingerprint density at radius 3 is 2.71 bits per heavy atom. The summed E-state index contributed by atoms with van der Waals surface area (Å²) in [7, 11) is 1.53. The number of hydrogen-bond acceptors (Lipinski definition) is 2. The second kappa shape index (κ2) is 3.81. The summed E-state index contributed by atoms with van der Waals surface area (Å²) in [6.07, 6.45) is 0. The van der Waals surface area contributed by atoms with E-state index < -0.39 is 0 Å². The molecule has 2 nitrogen and oxygen atoms in total. The first-order valence-corrected chi connectivity index (χ1v) is 2.37. The van der Waals surface area contributed by atoms with E-state index in [2.05, 4.69) is 16.6 Å². The average molecular weight is 122 g/mol. The van der Waals surface area contributed by atoms with Crippen LogP contribution in [0.4, 0.5) is 0 Å². The normalized spacial score (nSPS) is 7.71. The third-order valence-electron chi connectivity index (χ3n) is 0.510. The fraction of sp³-hybridized carbons (Fsp3) is 0.500. The highest BCUT2D eigenvalue weighted by atomic mass is 35.5. The van der Waals surface area contributed by atoms with Crippen molar-refractivity contribution in [3.05, 3.63) is 12.5 Å². The Morgan fingerprint density at radius 1 is 2.00 bits per heavy atom. The minimum atomic E-state index is 0.340. The van der Waals surface area contributed by atoms with Crippen molar-refractivity contribution in [2.24, 2.45) is 0 Å². The number of hydrogen-bond donors (Lipinski definition) is 1. The Bertz CT molecular complexity index is 64.7. The van der Waals surface area contributed by atoms with E-state index in [1.54, 1.807) is 0 Å². The molecule has 0 saturated heterocycles. The van der Waals surface area contributed by atoms with Crippen molar-refractivity contribution >= 4 is 11.6 Å². The van der Waals surface area contributed by atoms with Crippen molar-refractivity contribution in [3.63, 3.8) is 0 Å². The van der Waals surface area contributed by atoms with Gasteiger partial charge in [-0.15, -0.1) is 11.6 Å². The predicted molar refractivity (Wildman–Crippen MR) is 30.0 cm³/mol. The molecule has 0 radical (unpaired) electrons. The van der Waals surface area contributed by atoms with Gasteiger partial charge in [-0.3, -0.25) is 0 Å². The van der Waals surface area contributed by atoms with E-state index in [1.165, 1.54) is 7.11 Å². The van der Waals surface area contributed by atoms with Gasteiger partial charge in [-0.25, -0.2) is 0 Å². The number of halogens is 1. The third kappa shape index (κ3) is 3.46. The fourth-order valence-electron chi connectivity index (χ4n) is 0.147. The highest BCUT2D eigenvalue weighted by molar-refractivity contribution is 6.17. The van der Waals surface area contributed by atoms with Crippen molar-refractivity contribution in [2.75, 3.05) is 13.1 Å². The number of nitrogens with one attached hydrogen (secondary N) is 1. The molecule has 0 spiro atoms. The first-order valence-electron chi connectivity index (χ1n) is 1.84. The quantitative estimate of drug-likeness (QED) is 0.340. The van der Waals surface area contributed by atoms with Crippen LogP contribution < -0.4 is 5.32 Å². The number of rotatable bonds is 3. The Kier molecular flexibility index (Phi) is 3.61. The molecule has 0 aliphatic carbocycles. The molecule has 0 bridgehead atoms. The van der Waals surface area contributed by atoms with Crippen LogP contribution in [0.3, 0.4) is 0 Å². The van der Waals surface area contributed by atoms with Gasteiger partial charge in [0.15, 0.2) is 5.88 Å². The van der Waals surface area contributed by atoms with E-state index in [0.29, 0.717) is 11.9 Å². The molecule has 0 aliphatic heterocycles. The number of alkyl halides is 1. The van der Waals surface area contributed by atoms with Gasteiger partial charge in [0.05, 0.1) is 13.1 Å². The SMILES string of the molecule is C=C(NCCl)OC. The van der Waals surface area contributed by atoms with Crippen LogP contribution in [0.25, 0.3) is 0 Å². The molecule has 3 heteroatoms. The largest absolute Gasteiger partial charge is 0.483 e. The van der Waals surface area contributed by atoms with E-state index in [4.69, 9.17) is 11.6 Å². The summed E-state index contributed by atoms with van der Waals surface area (Å²) in [4.78, 5) is 0. The summed E-state index contributed by atoms with van der Waals surface area (Å²) in [6.45, 7) is 3.45. The highest BCUT2D eigenvalue weighted by Crippen LogP contribution is 1.81. The van der Waals surface area contributed by atoms with E-state index in [9.17, 15) is 0 Å². The van der Waals surface area contributed by atoms with Gasteiger partial charge in [-0.2, -0.15) is 0 Å². The molecule has 0 rings (SSSR count). The summed E-state index contributed by atoms with van der Waals surface area (Å²) in [5.41, 5.74) is 0. The van der Waals surface area contributed by atoms with Crippen LogP contribution in [0, 0.1) is 0 Å². The van der Waals surface area contributed by atoms with Crippen molar-refractivity contribution in [3.8, 4) is 0 Å². The van der Waals surface area contributed by atoms with Crippen molar-refractivity contribution in [1.82, 2.24) is 5.32 Å². The predicted octanol–water partition coefficient (Wildman–Crippen LogP) is 0.890. The van der Waals surface area contributed by atoms with Crippen LogP contribution in [-0.4, -0.2) is 13.1 Å². The lowest BCUT2D eigenvalue weighted by Gasteiger charge is -2.01. The van der Waals surface area contributed by atoms with Crippen molar-refractivity contribution in [1.29, 1.82) is 0 Å². The zero-order chi connectivity index (χ0) is 5.70. The van der Waals surface area contributed by atoms with Gasteiger partial charge < -0.3 is 10.1 Å². The van der Waals surface area contributed by atoms with Crippen LogP contribution in [0.5, 0.6) is 0 Å². The lowest BCUT2D eigenvalue weighted by Crippen LogP contribution is -2.10. The lowest BCUT2D eigenvalue weighted by molar-refractivity contribution is 0.268. The topological polar surface area (TPSA) is 21.3 Å². The van der Waals surface area contributed by atoms with Gasteiger partial charge >= 0.3 is 0 Å². The molecular weight excluding hydrogens is 114 g/mol. The molecule has 0 amide bonds. The van der Waals surface area contributed by atoms with Gasteiger partial charge in [0, 0.05) is 0 Å². The standard InChI is InChI=1S/C4H8ClNO/c1-4(7-2)6-3-5/h6H,1,3H2,2H3. The molecule has 42 valence electrons. The molecule has 0 fully saturated rings. The van der Waals surface area contributed by atoms with Gasteiger partial charge in [0.2, 0.25) is 0 Å². The smallest absolute Gasteiger partial charge is 0.179 e. The summed E-state index contributed by atoms with van der Waals surface area (Å²) in [5, 5.41) is 2.64. The summed E-state index contributed by atoms with van der Waals surface area (Å²) in [6, 6.07) is 0.340. The van der Waals surface area contributed by atoms with Crippen LogP contribution in [0.1, 0.15) is 0 Å². The van der Waals surface area contributed by atoms with E-state index >= 15 is 0 Å². The third-order valence-corrected chi connectivity index (χ3v) is 0.644. The Balaban J connectivity index is 3.00. The van der Waals surface area contributed by atoms with Crippen LogP contribution in [0.15, 0.2) is 12.5 Å². The minimum absolute atomic E-state index is 0.340. The second-order valence-electron chi connectivity index (χ2n) is 0.938. The summed E-state index contributed by atoms with van der Waals surface area (Å²) >= 11 is 5.22. The molecule has 0 atom stereocenters. The molecule has 0 saturated carbocycles. The van der Waals surface area contributed by atoms with Crippen LogP contribution in [0.2, 0.25) is 0 Å². The fourth-order valence-corrected chi connectivity index (χ4v) is 0.296. The van der Waals surface area contributed by atoms with Crippen molar-refractivity contribution < 1.29 is 4.74 Å². The van der Waals surface area contributed by atoms with E-state index in [0.717, 1.165) is 0 Å². The average Bonchev–Trinajstić information content (AvgIpc) is 1.68. The van der Waals surface area contributed by atoms with Crippen LogP contribution >= 0.6 is 11.6 Å². The van der Waals surface area contributed by atoms with E-state index in [-0.39, 0.29) is 0 Å². The van der Waals surface area contributed by atoms with Gasteiger partial charge in [0.1, 0.15) is 0 Å². The molecule has 0 aliphatic rings. The highest BCUT2D eigenvalue weighted by Gasteiger charge is 1.81. The Labute approximate surface area is 48.1 Å². The second-order valence-corrected chi connectivity index (χ2v) is 1.20. The monoisotopic (exact) mass is 121 g/mol. The van der Waals surface area contributed by atoms with Crippen molar-refractivity contribution in [2.45, 2.75) is 0 Å². The molecule has 0 unspecified atom stereocenters. The van der Waals surface area contributed by atoms with Gasteiger partial charge in [-0.05, 0) is 6.58 Å². The molecule has 0 aromatic carbocycles. The maximum atomic E-state index is 5.22. The first-order chi connectivity index (χ1) is 3.31. The maximum Gasteiger partial charge on any atom is 0.179 e. The maximum absolute atomic E-state index is 5.22. The van der Waals surface area contributed by atoms with Gasteiger partial charge in [-0.1, -0.05) is 0 Å². The zero-order valence-corrected chi connectivity index (χ0v) is 4.96. The summed E-state index contributed by atoms with van der Waals surface area (Å²) < 4.78 is 4.60. The minimum Gasteiger partial charge on any atom is -0.483 e. The Morgan fingerprint density at radius 2 is 2.57 bits per heavy atom. The zero-order valence-electron chi connectivity index (χ0n) is 4.20. The molecule has 0 aromatic heterocycles. The molecule has 0 aromatic rings. The first kappa shape index (κ1) is 6.63. The van der Waals surface area contributed by atoms with Crippen LogP contribution in [-0.2, 0) is 4.74 Å². The molecule has 0 heterocycles. The molecular formula is C4H8ClNO. The Hall–Kier alpha value is -0.370.